The van der Waals surface area contributed by atoms with Crippen LogP contribution in [-0.2, 0) is 5.41 Å². The van der Waals surface area contributed by atoms with E-state index in [0.29, 0.717) is 0 Å². The summed E-state index contributed by atoms with van der Waals surface area (Å²) >= 11 is 0. The number of aryl methyl sites for hydroxylation is 1. The Kier molecular flexibility index (Phi) is 2.45. The highest BCUT2D eigenvalue weighted by molar-refractivity contribution is 5.33. The monoisotopic (exact) mass is 186 g/mol. The smallest absolute Gasteiger partial charge is 0.0104 e. The van der Waals surface area contributed by atoms with Gasteiger partial charge >= 0.3 is 0 Å². The van der Waals surface area contributed by atoms with E-state index in [2.05, 4.69) is 50.3 Å². The van der Waals surface area contributed by atoms with Gasteiger partial charge in [-0.3, -0.25) is 0 Å². The number of allylic oxidation sites excluding steroid dienone is 2. The lowest BCUT2D eigenvalue weighted by atomic mass is 9.75. The molecule has 0 nitrogen and oxygen atoms in total. The SMILES string of the molecule is Cc1ccc(C2(C)C=CCCC2)cc1. The third-order valence-corrected chi connectivity index (χ3v) is 3.26. The molecule has 0 fully saturated rings. The van der Waals surface area contributed by atoms with Crippen molar-refractivity contribution < 1.29 is 0 Å². The Balaban J connectivity index is 2.33. The van der Waals surface area contributed by atoms with E-state index in [0.717, 1.165) is 0 Å². The minimum Gasteiger partial charge on any atom is -0.0877 e. The second-order valence-electron chi connectivity index (χ2n) is 4.58. The first kappa shape index (κ1) is 9.51. The molecule has 0 heteroatoms. The Morgan fingerprint density at radius 3 is 2.43 bits per heavy atom. The van der Waals surface area contributed by atoms with Crippen LogP contribution in [0.25, 0.3) is 0 Å². The van der Waals surface area contributed by atoms with Crippen LogP contribution in [-0.4, -0.2) is 0 Å². The molecule has 0 aromatic heterocycles. The topological polar surface area (TPSA) is 0 Å². The van der Waals surface area contributed by atoms with Crippen LogP contribution >= 0.6 is 0 Å². The third-order valence-electron chi connectivity index (χ3n) is 3.26. The first-order chi connectivity index (χ1) is 6.71. The van der Waals surface area contributed by atoms with Gasteiger partial charge in [-0.1, -0.05) is 48.9 Å². The quantitative estimate of drug-likeness (QED) is 0.582. The summed E-state index contributed by atoms with van der Waals surface area (Å²) in [7, 11) is 0. The maximum absolute atomic E-state index is 2.38. The van der Waals surface area contributed by atoms with Gasteiger partial charge in [0.05, 0.1) is 0 Å². The van der Waals surface area contributed by atoms with Gasteiger partial charge in [0, 0.05) is 5.41 Å². The van der Waals surface area contributed by atoms with E-state index in [4.69, 9.17) is 0 Å². The van der Waals surface area contributed by atoms with Crippen molar-refractivity contribution >= 4 is 0 Å². The molecule has 1 aromatic carbocycles. The first-order valence-electron chi connectivity index (χ1n) is 5.46. The van der Waals surface area contributed by atoms with E-state index in [1.54, 1.807) is 0 Å². The molecule has 1 aromatic rings. The van der Waals surface area contributed by atoms with Crippen molar-refractivity contribution in [3.8, 4) is 0 Å². The van der Waals surface area contributed by atoms with Crippen molar-refractivity contribution in [3.63, 3.8) is 0 Å². The number of benzene rings is 1. The Hall–Kier alpha value is -1.04. The fourth-order valence-electron chi connectivity index (χ4n) is 2.19. The molecule has 0 radical (unpaired) electrons. The fraction of sp³-hybridized carbons (Fsp3) is 0.429. The lowest BCUT2D eigenvalue weighted by Crippen LogP contribution is -2.20. The molecule has 0 saturated carbocycles. The van der Waals surface area contributed by atoms with E-state index >= 15 is 0 Å². The first-order valence-corrected chi connectivity index (χ1v) is 5.46. The maximum atomic E-state index is 2.38. The molecule has 0 bridgehead atoms. The third kappa shape index (κ3) is 1.75. The van der Waals surface area contributed by atoms with Gasteiger partial charge in [0.15, 0.2) is 0 Å². The van der Waals surface area contributed by atoms with Crippen molar-refractivity contribution in [2.24, 2.45) is 0 Å². The standard InChI is InChI=1S/C14H18/c1-12-6-8-13(9-7-12)14(2)10-4-3-5-11-14/h4,6-10H,3,5,11H2,1-2H3. The summed E-state index contributed by atoms with van der Waals surface area (Å²) in [6.07, 6.45) is 8.55. The van der Waals surface area contributed by atoms with Crippen LogP contribution in [0, 0.1) is 6.92 Å². The number of hydrogen-bond donors (Lipinski definition) is 0. The summed E-state index contributed by atoms with van der Waals surface area (Å²) < 4.78 is 0. The predicted molar refractivity (Wildman–Crippen MR) is 61.5 cm³/mol. The van der Waals surface area contributed by atoms with Gasteiger partial charge in [-0.15, -0.1) is 0 Å². The zero-order valence-electron chi connectivity index (χ0n) is 9.09. The molecule has 0 aliphatic heterocycles. The molecular weight excluding hydrogens is 168 g/mol. The van der Waals surface area contributed by atoms with Crippen LogP contribution in [0.5, 0.6) is 0 Å². The Morgan fingerprint density at radius 2 is 1.86 bits per heavy atom. The molecule has 0 saturated heterocycles. The highest BCUT2D eigenvalue weighted by atomic mass is 14.3. The van der Waals surface area contributed by atoms with Crippen molar-refractivity contribution in [2.75, 3.05) is 0 Å². The summed E-state index contributed by atoms with van der Waals surface area (Å²) in [6, 6.07) is 8.96. The van der Waals surface area contributed by atoms with Gasteiger partial charge in [0.2, 0.25) is 0 Å². The molecule has 1 atom stereocenters. The summed E-state index contributed by atoms with van der Waals surface area (Å²) in [5, 5.41) is 0. The average molecular weight is 186 g/mol. The van der Waals surface area contributed by atoms with Crippen LogP contribution in [0.2, 0.25) is 0 Å². The summed E-state index contributed by atoms with van der Waals surface area (Å²) in [6.45, 7) is 4.48. The van der Waals surface area contributed by atoms with Gasteiger partial charge in [0.1, 0.15) is 0 Å². The molecule has 1 aliphatic carbocycles. The Bertz CT molecular complexity index is 332. The summed E-state index contributed by atoms with van der Waals surface area (Å²) in [5.41, 5.74) is 3.09. The van der Waals surface area contributed by atoms with Crippen molar-refractivity contribution in [2.45, 2.75) is 38.5 Å². The normalized spacial score (nSPS) is 26.4. The van der Waals surface area contributed by atoms with Crippen molar-refractivity contribution in [3.05, 3.63) is 47.5 Å². The number of rotatable bonds is 1. The van der Waals surface area contributed by atoms with Crippen LogP contribution in [0.15, 0.2) is 36.4 Å². The second-order valence-corrected chi connectivity index (χ2v) is 4.58. The molecule has 74 valence electrons. The zero-order chi connectivity index (χ0) is 10.0. The van der Waals surface area contributed by atoms with Gasteiger partial charge in [-0.2, -0.15) is 0 Å². The lowest BCUT2D eigenvalue weighted by Gasteiger charge is -2.29. The van der Waals surface area contributed by atoms with Gasteiger partial charge in [0.25, 0.3) is 0 Å². The summed E-state index contributed by atoms with van der Waals surface area (Å²) in [5.74, 6) is 0. The summed E-state index contributed by atoms with van der Waals surface area (Å²) in [4.78, 5) is 0. The minimum absolute atomic E-state index is 0.284. The van der Waals surface area contributed by atoms with Gasteiger partial charge in [-0.05, 0) is 31.7 Å². The van der Waals surface area contributed by atoms with Crippen LogP contribution in [0.3, 0.4) is 0 Å². The van der Waals surface area contributed by atoms with Gasteiger partial charge < -0.3 is 0 Å². The molecule has 1 unspecified atom stereocenters. The van der Waals surface area contributed by atoms with E-state index in [-0.39, 0.29) is 5.41 Å². The molecule has 0 spiro atoms. The molecule has 2 rings (SSSR count). The highest BCUT2D eigenvalue weighted by Gasteiger charge is 2.24. The van der Waals surface area contributed by atoms with E-state index in [1.165, 1.54) is 30.4 Å². The Labute approximate surface area is 86.7 Å². The fourth-order valence-corrected chi connectivity index (χ4v) is 2.19. The average Bonchev–Trinajstić information content (AvgIpc) is 2.19. The minimum atomic E-state index is 0.284. The Morgan fingerprint density at radius 1 is 1.14 bits per heavy atom. The predicted octanol–water partition coefficient (Wildman–Crippen LogP) is 3.99. The van der Waals surface area contributed by atoms with E-state index in [1.807, 2.05) is 0 Å². The zero-order valence-corrected chi connectivity index (χ0v) is 9.09. The van der Waals surface area contributed by atoms with Crippen molar-refractivity contribution in [1.82, 2.24) is 0 Å². The number of hydrogen-bond acceptors (Lipinski definition) is 0. The van der Waals surface area contributed by atoms with Crippen LogP contribution in [0.1, 0.15) is 37.3 Å². The molecule has 0 amide bonds. The molecule has 1 aliphatic rings. The molecule has 14 heavy (non-hydrogen) atoms. The second kappa shape index (κ2) is 3.61. The maximum Gasteiger partial charge on any atom is 0.0104 e. The molecule has 0 heterocycles. The lowest BCUT2D eigenvalue weighted by molar-refractivity contribution is 0.496. The van der Waals surface area contributed by atoms with E-state index in [9.17, 15) is 0 Å². The van der Waals surface area contributed by atoms with Crippen LogP contribution < -0.4 is 0 Å². The van der Waals surface area contributed by atoms with E-state index < -0.39 is 0 Å². The van der Waals surface area contributed by atoms with Gasteiger partial charge in [-0.25, -0.2) is 0 Å². The molecular formula is C14H18. The molecule has 0 N–H and O–H groups in total. The highest BCUT2D eigenvalue weighted by Crippen LogP contribution is 2.34. The van der Waals surface area contributed by atoms with Crippen LogP contribution in [0.4, 0.5) is 0 Å². The largest absolute Gasteiger partial charge is 0.0877 e. The van der Waals surface area contributed by atoms with Crippen molar-refractivity contribution in [1.29, 1.82) is 0 Å².